The van der Waals surface area contributed by atoms with Crippen molar-refractivity contribution in [1.29, 1.82) is 0 Å². The molecule has 1 aromatic heterocycles. The summed E-state index contributed by atoms with van der Waals surface area (Å²) in [6.45, 7) is 0. The quantitative estimate of drug-likeness (QED) is 0.920. The number of benzene rings is 1. The highest BCUT2D eigenvalue weighted by Gasteiger charge is 2.09. The maximum absolute atomic E-state index is 11.8. The number of nitrogens with zero attached hydrogens (tertiary/aromatic N) is 2. The Morgan fingerprint density at radius 3 is 2.39 bits per heavy atom. The number of carbonyl (C=O) groups is 1. The van der Waals surface area contributed by atoms with Crippen molar-refractivity contribution in [3.8, 4) is 0 Å². The molecule has 0 spiro atoms. The average molecular weight is 303 g/mol. The second kappa shape index (κ2) is 5.52. The number of carbonyl (C=O) groups excluding carboxylic acids is 1. The largest absolute Gasteiger partial charge is 0.321 e. The molecule has 92 valence electrons. The molecule has 0 aliphatic heterocycles. The van der Waals surface area contributed by atoms with Crippen molar-refractivity contribution >= 4 is 46.4 Å². The lowest BCUT2D eigenvalue weighted by atomic mass is 10.3. The maximum Gasteiger partial charge on any atom is 0.276 e. The van der Waals surface area contributed by atoms with Crippen LogP contribution >= 0.6 is 34.8 Å². The molecule has 2 aromatic rings. The van der Waals surface area contributed by atoms with Crippen LogP contribution in [0.25, 0.3) is 0 Å². The number of halogens is 3. The van der Waals surface area contributed by atoms with Gasteiger partial charge < -0.3 is 5.32 Å². The fourth-order valence-electron chi connectivity index (χ4n) is 1.21. The fraction of sp³-hybridized carbons (Fsp3) is 0. The summed E-state index contributed by atoms with van der Waals surface area (Å²) >= 11 is 17.2. The number of rotatable bonds is 2. The number of hydrogen-bond donors (Lipinski definition) is 1. The lowest BCUT2D eigenvalue weighted by Gasteiger charge is -2.05. The molecule has 0 atom stereocenters. The first-order valence-corrected chi connectivity index (χ1v) is 5.95. The Bertz CT molecular complexity index is 587. The lowest BCUT2D eigenvalue weighted by Crippen LogP contribution is -2.14. The molecule has 0 radical (unpaired) electrons. The molecule has 1 heterocycles. The van der Waals surface area contributed by atoms with Crippen molar-refractivity contribution in [3.63, 3.8) is 0 Å². The van der Waals surface area contributed by atoms with E-state index in [1.54, 1.807) is 18.2 Å². The summed E-state index contributed by atoms with van der Waals surface area (Å²) in [5.74, 6) is -0.405. The summed E-state index contributed by atoms with van der Waals surface area (Å²) in [4.78, 5) is 11.8. The molecule has 0 aliphatic rings. The molecule has 0 aliphatic carbocycles. The van der Waals surface area contributed by atoms with E-state index in [9.17, 15) is 4.79 Å². The summed E-state index contributed by atoms with van der Waals surface area (Å²) in [6.07, 6.45) is 0. The van der Waals surface area contributed by atoms with Gasteiger partial charge in [0.1, 0.15) is 0 Å². The summed E-state index contributed by atoms with van der Waals surface area (Å²) in [5.41, 5.74) is 0.677. The van der Waals surface area contributed by atoms with E-state index in [-0.39, 0.29) is 10.8 Å². The number of aromatic nitrogens is 2. The zero-order valence-electron chi connectivity index (χ0n) is 8.82. The first-order valence-electron chi connectivity index (χ1n) is 4.82. The molecule has 18 heavy (non-hydrogen) atoms. The smallest absolute Gasteiger partial charge is 0.276 e. The van der Waals surface area contributed by atoms with Gasteiger partial charge in [0.25, 0.3) is 5.91 Å². The van der Waals surface area contributed by atoms with E-state index in [4.69, 9.17) is 34.8 Å². The van der Waals surface area contributed by atoms with Gasteiger partial charge >= 0.3 is 0 Å². The number of nitrogens with one attached hydrogen (secondary N) is 1. The summed E-state index contributed by atoms with van der Waals surface area (Å²) in [5, 5.41) is 10.9. The third-order valence-corrected chi connectivity index (χ3v) is 2.98. The molecule has 1 amide bonds. The number of anilines is 1. The minimum absolute atomic E-state index is 0.158. The highest BCUT2D eigenvalue weighted by molar-refractivity contribution is 6.42. The third kappa shape index (κ3) is 3.10. The molecule has 0 unspecified atom stereocenters. The zero-order chi connectivity index (χ0) is 13.1. The Morgan fingerprint density at radius 1 is 1.00 bits per heavy atom. The topological polar surface area (TPSA) is 54.9 Å². The Labute approximate surface area is 118 Å². The molecule has 1 aromatic carbocycles. The molecule has 0 fully saturated rings. The second-order valence-corrected chi connectivity index (χ2v) is 4.53. The van der Waals surface area contributed by atoms with Gasteiger partial charge in [0, 0.05) is 5.69 Å². The van der Waals surface area contributed by atoms with Crippen LogP contribution in [-0.4, -0.2) is 16.1 Å². The monoisotopic (exact) mass is 301 g/mol. The van der Waals surface area contributed by atoms with E-state index in [0.717, 1.165) is 0 Å². The van der Waals surface area contributed by atoms with Crippen molar-refractivity contribution < 1.29 is 4.79 Å². The molecular weight excluding hydrogens is 296 g/mol. The van der Waals surface area contributed by atoms with E-state index in [0.29, 0.717) is 15.7 Å². The van der Waals surface area contributed by atoms with Gasteiger partial charge in [0.05, 0.1) is 10.0 Å². The zero-order valence-corrected chi connectivity index (χ0v) is 11.1. The van der Waals surface area contributed by atoms with Gasteiger partial charge in [-0.25, -0.2) is 0 Å². The van der Waals surface area contributed by atoms with Crippen molar-refractivity contribution in [2.45, 2.75) is 0 Å². The summed E-state index contributed by atoms with van der Waals surface area (Å²) in [6, 6.07) is 7.73. The average Bonchev–Trinajstić information content (AvgIpc) is 2.34. The van der Waals surface area contributed by atoms with Crippen LogP contribution in [0.2, 0.25) is 15.2 Å². The van der Waals surface area contributed by atoms with Crippen molar-refractivity contribution in [2.75, 3.05) is 5.32 Å². The second-order valence-electron chi connectivity index (χ2n) is 3.32. The molecule has 0 bridgehead atoms. The summed E-state index contributed by atoms with van der Waals surface area (Å²) in [7, 11) is 0. The highest BCUT2D eigenvalue weighted by atomic mass is 35.5. The minimum Gasteiger partial charge on any atom is -0.321 e. The van der Waals surface area contributed by atoms with Crippen molar-refractivity contribution in [3.05, 3.63) is 51.2 Å². The summed E-state index contributed by atoms with van der Waals surface area (Å²) < 4.78 is 0. The Balaban J connectivity index is 2.16. The predicted octanol–water partition coefficient (Wildman–Crippen LogP) is 3.69. The van der Waals surface area contributed by atoms with Gasteiger partial charge in [-0.15, -0.1) is 10.2 Å². The van der Waals surface area contributed by atoms with Gasteiger partial charge in [-0.1, -0.05) is 34.8 Å². The number of amides is 1. The van der Waals surface area contributed by atoms with E-state index >= 15 is 0 Å². The fourth-order valence-corrected chi connectivity index (χ4v) is 1.60. The van der Waals surface area contributed by atoms with Gasteiger partial charge in [0.2, 0.25) is 0 Å². The normalized spacial score (nSPS) is 10.2. The molecule has 0 saturated carbocycles. The van der Waals surface area contributed by atoms with Crippen LogP contribution in [0.5, 0.6) is 0 Å². The van der Waals surface area contributed by atoms with Crippen LogP contribution < -0.4 is 5.32 Å². The Kier molecular flexibility index (Phi) is 4.01. The van der Waals surface area contributed by atoms with E-state index in [2.05, 4.69) is 15.5 Å². The third-order valence-electron chi connectivity index (χ3n) is 2.04. The van der Waals surface area contributed by atoms with Gasteiger partial charge in [-0.2, -0.15) is 0 Å². The molecular formula is C11H6Cl3N3O. The van der Waals surface area contributed by atoms with Crippen LogP contribution in [-0.2, 0) is 0 Å². The van der Waals surface area contributed by atoms with E-state index in [1.807, 2.05) is 0 Å². The Hall–Kier alpha value is -1.36. The van der Waals surface area contributed by atoms with Gasteiger partial charge in [0.15, 0.2) is 10.8 Å². The SMILES string of the molecule is O=C(Nc1ccc(Cl)c(Cl)c1)c1ccc(Cl)nn1. The molecule has 7 heteroatoms. The van der Waals surface area contributed by atoms with Crippen LogP contribution in [0, 0.1) is 0 Å². The highest BCUT2D eigenvalue weighted by Crippen LogP contribution is 2.25. The van der Waals surface area contributed by atoms with Crippen molar-refractivity contribution in [1.82, 2.24) is 10.2 Å². The van der Waals surface area contributed by atoms with Crippen LogP contribution in [0.3, 0.4) is 0 Å². The molecule has 0 saturated heterocycles. The first-order chi connectivity index (χ1) is 8.56. The maximum atomic E-state index is 11.8. The molecule has 2 rings (SSSR count). The van der Waals surface area contributed by atoms with E-state index in [1.165, 1.54) is 12.1 Å². The predicted molar refractivity (Wildman–Crippen MR) is 71.5 cm³/mol. The number of hydrogen-bond acceptors (Lipinski definition) is 3. The van der Waals surface area contributed by atoms with Crippen LogP contribution in [0.15, 0.2) is 30.3 Å². The lowest BCUT2D eigenvalue weighted by molar-refractivity contribution is 0.102. The Morgan fingerprint density at radius 2 is 1.78 bits per heavy atom. The van der Waals surface area contributed by atoms with Gasteiger partial charge in [-0.05, 0) is 30.3 Å². The first kappa shape index (κ1) is 13.1. The van der Waals surface area contributed by atoms with Crippen LogP contribution in [0.1, 0.15) is 10.5 Å². The molecule has 1 N–H and O–H groups in total. The van der Waals surface area contributed by atoms with Crippen molar-refractivity contribution in [2.24, 2.45) is 0 Å². The van der Waals surface area contributed by atoms with Gasteiger partial charge in [-0.3, -0.25) is 4.79 Å². The minimum atomic E-state index is -0.405. The standard InChI is InChI=1S/C11H6Cl3N3O/c12-7-2-1-6(5-8(7)13)15-11(18)9-3-4-10(14)17-16-9/h1-5H,(H,15,18). The van der Waals surface area contributed by atoms with E-state index < -0.39 is 5.91 Å². The molecule has 4 nitrogen and oxygen atoms in total. The van der Waals surface area contributed by atoms with Crippen LogP contribution in [0.4, 0.5) is 5.69 Å².